The summed E-state index contributed by atoms with van der Waals surface area (Å²) in [4.78, 5) is 1.44. The second kappa shape index (κ2) is 6.36. The highest BCUT2D eigenvalue weighted by atomic mass is 32.1. The maximum absolute atomic E-state index is 3.60. The van der Waals surface area contributed by atoms with E-state index >= 15 is 0 Å². The van der Waals surface area contributed by atoms with Crippen LogP contribution in [0.2, 0.25) is 0 Å². The Bertz CT molecular complexity index is 510. The topological polar surface area (TPSA) is 12.0 Å². The molecule has 0 aliphatic rings. The van der Waals surface area contributed by atoms with Gasteiger partial charge in [-0.1, -0.05) is 38.1 Å². The molecule has 1 N–H and O–H groups in total. The van der Waals surface area contributed by atoms with Crippen molar-refractivity contribution in [3.05, 3.63) is 57.3 Å². The molecule has 102 valence electrons. The van der Waals surface area contributed by atoms with E-state index in [0.29, 0.717) is 12.0 Å². The molecule has 1 aromatic carbocycles. The lowest BCUT2D eigenvalue weighted by Crippen LogP contribution is -2.17. The number of hydrogen-bond donors (Lipinski definition) is 1. The van der Waals surface area contributed by atoms with Gasteiger partial charge in [-0.05, 0) is 47.9 Å². The minimum absolute atomic E-state index is 0.421. The number of hydrogen-bond acceptors (Lipinski definition) is 2. The fraction of sp³-hybridized carbons (Fsp3) is 0.412. The summed E-state index contributed by atoms with van der Waals surface area (Å²) in [5, 5.41) is 5.77. The normalized spacial score (nSPS) is 12.9. The molecule has 2 aromatic rings. The number of thiophene rings is 1. The summed E-state index contributed by atoms with van der Waals surface area (Å²) < 4.78 is 0. The highest BCUT2D eigenvalue weighted by Gasteiger charge is 2.09. The van der Waals surface area contributed by atoms with E-state index in [9.17, 15) is 0 Å². The molecule has 1 aromatic heterocycles. The Labute approximate surface area is 120 Å². The summed E-state index contributed by atoms with van der Waals surface area (Å²) in [6.07, 6.45) is 0. The molecule has 0 saturated heterocycles. The van der Waals surface area contributed by atoms with Crippen molar-refractivity contribution in [1.82, 2.24) is 5.32 Å². The molecule has 1 heterocycles. The van der Waals surface area contributed by atoms with E-state index in [4.69, 9.17) is 0 Å². The SMILES string of the molecule is Cc1ccsc1C(C)NCc1ccc(C(C)C)cc1. The quantitative estimate of drug-likeness (QED) is 0.805. The molecule has 0 radical (unpaired) electrons. The lowest BCUT2D eigenvalue weighted by molar-refractivity contribution is 0.580. The molecule has 1 unspecified atom stereocenters. The molecule has 0 fully saturated rings. The van der Waals surface area contributed by atoms with Gasteiger partial charge in [0, 0.05) is 17.5 Å². The van der Waals surface area contributed by atoms with Gasteiger partial charge in [-0.15, -0.1) is 11.3 Å². The summed E-state index contributed by atoms with van der Waals surface area (Å²) in [5.74, 6) is 0.606. The smallest absolute Gasteiger partial charge is 0.0391 e. The van der Waals surface area contributed by atoms with Crippen LogP contribution < -0.4 is 5.32 Å². The third-order valence-corrected chi connectivity index (χ3v) is 4.76. The van der Waals surface area contributed by atoms with Crippen molar-refractivity contribution in [2.24, 2.45) is 0 Å². The number of aryl methyl sites for hydroxylation is 1. The largest absolute Gasteiger partial charge is 0.305 e. The second-order valence-electron chi connectivity index (χ2n) is 5.47. The molecule has 0 saturated carbocycles. The van der Waals surface area contributed by atoms with Crippen LogP contribution in [0.4, 0.5) is 0 Å². The van der Waals surface area contributed by atoms with Crippen LogP contribution in [0.15, 0.2) is 35.7 Å². The van der Waals surface area contributed by atoms with E-state index in [1.165, 1.54) is 21.6 Å². The molecule has 1 atom stereocenters. The van der Waals surface area contributed by atoms with Crippen molar-refractivity contribution in [2.45, 2.75) is 46.2 Å². The Morgan fingerprint density at radius 1 is 1.05 bits per heavy atom. The highest BCUT2D eigenvalue weighted by Crippen LogP contribution is 2.23. The van der Waals surface area contributed by atoms with Crippen LogP contribution in [-0.4, -0.2) is 0 Å². The van der Waals surface area contributed by atoms with Gasteiger partial charge >= 0.3 is 0 Å². The summed E-state index contributed by atoms with van der Waals surface area (Å²) in [5.41, 5.74) is 4.15. The fourth-order valence-corrected chi connectivity index (χ4v) is 3.17. The van der Waals surface area contributed by atoms with E-state index in [0.717, 1.165) is 6.54 Å². The third-order valence-electron chi connectivity index (χ3n) is 3.55. The number of rotatable bonds is 5. The van der Waals surface area contributed by atoms with Gasteiger partial charge in [-0.2, -0.15) is 0 Å². The zero-order chi connectivity index (χ0) is 13.8. The van der Waals surface area contributed by atoms with Crippen LogP contribution in [0.3, 0.4) is 0 Å². The van der Waals surface area contributed by atoms with Crippen LogP contribution in [-0.2, 0) is 6.54 Å². The molecule has 19 heavy (non-hydrogen) atoms. The van der Waals surface area contributed by atoms with Gasteiger partial charge in [-0.3, -0.25) is 0 Å². The van der Waals surface area contributed by atoms with Crippen molar-refractivity contribution in [3.63, 3.8) is 0 Å². The molecule has 0 aliphatic carbocycles. The Hall–Kier alpha value is -1.12. The van der Waals surface area contributed by atoms with Gasteiger partial charge in [0.05, 0.1) is 0 Å². The summed E-state index contributed by atoms with van der Waals surface area (Å²) in [7, 11) is 0. The average molecular weight is 273 g/mol. The molecule has 0 spiro atoms. The van der Waals surface area contributed by atoms with Gasteiger partial charge in [0.2, 0.25) is 0 Å². The summed E-state index contributed by atoms with van der Waals surface area (Å²) in [6, 6.07) is 11.6. The van der Waals surface area contributed by atoms with E-state index in [1.807, 2.05) is 11.3 Å². The molecule has 0 aliphatic heterocycles. The Morgan fingerprint density at radius 3 is 2.26 bits per heavy atom. The first-order valence-corrected chi connectivity index (χ1v) is 7.82. The zero-order valence-electron chi connectivity index (χ0n) is 12.2. The van der Waals surface area contributed by atoms with Crippen LogP contribution in [0.25, 0.3) is 0 Å². The Kier molecular flexibility index (Phi) is 4.78. The van der Waals surface area contributed by atoms with E-state index in [-0.39, 0.29) is 0 Å². The van der Waals surface area contributed by atoms with E-state index in [2.05, 4.69) is 68.7 Å². The monoisotopic (exact) mass is 273 g/mol. The average Bonchev–Trinajstić information content (AvgIpc) is 2.83. The molecular weight excluding hydrogens is 250 g/mol. The molecule has 1 nitrogen and oxygen atoms in total. The molecular formula is C17H23NS. The number of benzene rings is 1. The van der Waals surface area contributed by atoms with Crippen LogP contribution in [0.1, 0.15) is 54.3 Å². The van der Waals surface area contributed by atoms with E-state index < -0.39 is 0 Å². The first-order valence-electron chi connectivity index (χ1n) is 6.94. The fourth-order valence-electron chi connectivity index (χ4n) is 2.21. The van der Waals surface area contributed by atoms with Crippen molar-refractivity contribution >= 4 is 11.3 Å². The van der Waals surface area contributed by atoms with Crippen molar-refractivity contribution in [3.8, 4) is 0 Å². The Balaban J connectivity index is 1.93. The highest BCUT2D eigenvalue weighted by molar-refractivity contribution is 7.10. The predicted octanol–water partition coefficient (Wildman–Crippen LogP) is 5.03. The molecule has 2 heteroatoms. The lowest BCUT2D eigenvalue weighted by atomic mass is 10.0. The maximum Gasteiger partial charge on any atom is 0.0391 e. The van der Waals surface area contributed by atoms with Crippen LogP contribution in [0.5, 0.6) is 0 Å². The maximum atomic E-state index is 3.60. The van der Waals surface area contributed by atoms with Gasteiger partial charge in [0.25, 0.3) is 0 Å². The molecule has 0 amide bonds. The van der Waals surface area contributed by atoms with Gasteiger partial charge in [-0.25, -0.2) is 0 Å². The predicted molar refractivity (Wildman–Crippen MR) is 84.8 cm³/mol. The third kappa shape index (κ3) is 3.68. The van der Waals surface area contributed by atoms with Crippen LogP contribution in [0, 0.1) is 6.92 Å². The Morgan fingerprint density at radius 2 is 1.74 bits per heavy atom. The van der Waals surface area contributed by atoms with Crippen molar-refractivity contribution in [1.29, 1.82) is 0 Å². The first-order chi connectivity index (χ1) is 9.08. The minimum atomic E-state index is 0.421. The lowest BCUT2D eigenvalue weighted by Gasteiger charge is -2.14. The van der Waals surface area contributed by atoms with Gasteiger partial charge in [0.15, 0.2) is 0 Å². The van der Waals surface area contributed by atoms with Crippen LogP contribution >= 0.6 is 11.3 Å². The summed E-state index contributed by atoms with van der Waals surface area (Å²) in [6.45, 7) is 9.81. The number of nitrogens with one attached hydrogen (secondary N) is 1. The molecule has 0 bridgehead atoms. The van der Waals surface area contributed by atoms with Crippen molar-refractivity contribution < 1.29 is 0 Å². The zero-order valence-corrected chi connectivity index (χ0v) is 13.1. The molecule has 2 rings (SSSR count). The second-order valence-corrected chi connectivity index (χ2v) is 6.41. The van der Waals surface area contributed by atoms with Crippen molar-refractivity contribution in [2.75, 3.05) is 0 Å². The first kappa shape index (κ1) is 14.3. The van der Waals surface area contributed by atoms with E-state index in [1.54, 1.807) is 0 Å². The van der Waals surface area contributed by atoms with Gasteiger partial charge < -0.3 is 5.32 Å². The minimum Gasteiger partial charge on any atom is -0.305 e. The standard InChI is InChI=1S/C17H23NS/c1-12(2)16-7-5-15(6-8-16)11-18-14(4)17-13(3)9-10-19-17/h5-10,12,14,18H,11H2,1-4H3. The summed E-state index contributed by atoms with van der Waals surface area (Å²) >= 11 is 1.84. The van der Waals surface area contributed by atoms with Gasteiger partial charge in [0.1, 0.15) is 0 Å².